The average molecular weight is 329 g/mol. The molecule has 1 fully saturated rings. The number of nitrogens with one attached hydrogen (secondary N) is 1. The van der Waals surface area contributed by atoms with E-state index < -0.39 is 19.8 Å². The second kappa shape index (κ2) is 7.74. The molecule has 122 valence electrons. The summed E-state index contributed by atoms with van der Waals surface area (Å²) >= 11 is 0. The molecule has 0 radical (unpaired) electrons. The first-order valence-corrected chi connectivity index (χ1v) is 8.61. The molecule has 0 amide bonds. The van der Waals surface area contributed by atoms with E-state index in [4.69, 9.17) is 18.9 Å². The summed E-state index contributed by atoms with van der Waals surface area (Å²) in [5.41, 5.74) is 0. The van der Waals surface area contributed by atoms with Crippen LogP contribution in [0.4, 0.5) is 0 Å². The quantitative estimate of drug-likeness (QED) is 0.554. The maximum Gasteiger partial charge on any atom is 0.459 e. The minimum atomic E-state index is -3.76. The molecule has 3 unspecified atom stereocenters. The number of rotatable bonds is 8. The van der Waals surface area contributed by atoms with Gasteiger partial charge in [0.05, 0.1) is 13.2 Å². The zero-order valence-electron chi connectivity index (χ0n) is 12.3. The molecule has 0 saturated carbocycles. The average Bonchev–Trinajstić information content (AvgIpc) is 2.91. The lowest BCUT2D eigenvalue weighted by Gasteiger charge is -2.22. The zero-order valence-corrected chi connectivity index (χ0v) is 13.2. The van der Waals surface area contributed by atoms with E-state index in [-0.39, 0.29) is 25.7 Å². The molecule has 3 atom stereocenters. The minimum absolute atomic E-state index is 0.0371. The van der Waals surface area contributed by atoms with Crippen molar-refractivity contribution >= 4 is 13.7 Å². The summed E-state index contributed by atoms with van der Waals surface area (Å²) in [6, 6.07) is 7.83. The van der Waals surface area contributed by atoms with Crippen LogP contribution in [-0.4, -0.2) is 36.9 Å². The van der Waals surface area contributed by atoms with Gasteiger partial charge >= 0.3 is 13.7 Å². The van der Waals surface area contributed by atoms with Gasteiger partial charge in [-0.3, -0.25) is 9.32 Å². The third-order valence-corrected chi connectivity index (χ3v) is 4.63. The first-order chi connectivity index (χ1) is 10.5. The first-order valence-electron chi connectivity index (χ1n) is 7.07. The number of esters is 1. The van der Waals surface area contributed by atoms with Crippen LogP contribution in [0.1, 0.15) is 13.3 Å². The lowest BCUT2D eigenvalue weighted by atomic mass is 10.2. The van der Waals surface area contributed by atoms with Crippen molar-refractivity contribution in [3.63, 3.8) is 0 Å². The molecular weight excluding hydrogens is 309 g/mol. The predicted molar refractivity (Wildman–Crippen MR) is 79.4 cm³/mol. The van der Waals surface area contributed by atoms with Crippen LogP contribution >= 0.6 is 7.75 Å². The van der Waals surface area contributed by atoms with Crippen molar-refractivity contribution < 1.29 is 28.3 Å². The Hall–Kier alpha value is -1.40. The molecule has 0 bridgehead atoms. The molecule has 1 aliphatic heterocycles. The van der Waals surface area contributed by atoms with Crippen molar-refractivity contribution in [2.24, 2.45) is 5.92 Å². The van der Waals surface area contributed by atoms with Crippen LogP contribution in [0.5, 0.6) is 5.75 Å². The van der Waals surface area contributed by atoms with Crippen molar-refractivity contribution in [2.45, 2.75) is 19.4 Å². The summed E-state index contributed by atoms with van der Waals surface area (Å²) in [5.74, 6) is -0.318. The van der Waals surface area contributed by atoms with Crippen molar-refractivity contribution in [3.05, 3.63) is 30.3 Å². The van der Waals surface area contributed by atoms with Gasteiger partial charge in [-0.25, -0.2) is 4.57 Å². The Labute approximate surface area is 129 Å². The summed E-state index contributed by atoms with van der Waals surface area (Å²) in [6.07, 6.45) is 0.403. The SMILES string of the molecule is CC(CO)COP(=O)(NC1CCOC1=O)Oc1ccccc1. The number of ether oxygens (including phenoxy) is 1. The fourth-order valence-corrected chi connectivity index (χ4v) is 3.44. The van der Waals surface area contributed by atoms with Gasteiger partial charge < -0.3 is 14.4 Å². The number of carbonyl (C=O) groups is 1. The number of benzene rings is 1. The van der Waals surface area contributed by atoms with E-state index in [0.29, 0.717) is 12.2 Å². The van der Waals surface area contributed by atoms with E-state index in [2.05, 4.69) is 5.09 Å². The largest absolute Gasteiger partial charge is 0.464 e. The lowest BCUT2D eigenvalue weighted by Crippen LogP contribution is -2.33. The molecule has 22 heavy (non-hydrogen) atoms. The van der Waals surface area contributed by atoms with E-state index in [9.17, 15) is 9.36 Å². The smallest absolute Gasteiger partial charge is 0.459 e. The van der Waals surface area contributed by atoms with E-state index in [1.165, 1.54) is 0 Å². The highest BCUT2D eigenvalue weighted by Gasteiger charge is 2.37. The molecule has 1 aliphatic rings. The minimum Gasteiger partial charge on any atom is -0.464 e. The topological polar surface area (TPSA) is 94.1 Å². The number of hydrogen-bond donors (Lipinski definition) is 2. The van der Waals surface area contributed by atoms with Gasteiger partial charge in [0.2, 0.25) is 0 Å². The fraction of sp³-hybridized carbons (Fsp3) is 0.500. The van der Waals surface area contributed by atoms with Gasteiger partial charge in [-0.15, -0.1) is 0 Å². The van der Waals surface area contributed by atoms with Crippen LogP contribution in [0.2, 0.25) is 0 Å². The van der Waals surface area contributed by atoms with Gasteiger partial charge in [0.25, 0.3) is 0 Å². The van der Waals surface area contributed by atoms with Gasteiger partial charge in [0.1, 0.15) is 11.8 Å². The van der Waals surface area contributed by atoms with Gasteiger partial charge in [-0.2, -0.15) is 5.09 Å². The summed E-state index contributed by atoms with van der Waals surface area (Å²) in [7, 11) is -3.76. The Morgan fingerprint density at radius 1 is 1.45 bits per heavy atom. The number of carbonyl (C=O) groups excluding carboxylic acids is 1. The first kappa shape index (κ1) is 17.0. The Balaban J connectivity index is 2.08. The lowest BCUT2D eigenvalue weighted by molar-refractivity contribution is -0.139. The highest BCUT2D eigenvalue weighted by Crippen LogP contribution is 2.45. The number of aliphatic hydroxyl groups is 1. The van der Waals surface area contributed by atoms with Crippen LogP contribution in [-0.2, 0) is 18.6 Å². The van der Waals surface area contributed by atoms with Gasteiger partial charge in [0.15, 0.2) is 0 Å². The summed E-state index contributed by atoms with van der Waals surface area (Å²) < 4.78 is 28.5. The van der Waals surface area contributed by atoms with Crippen molar-refractivity contribution in [1.82, 2.24) is 5.09 Å². The van der Waals surface area contributed by atoms with Gasteiger partial charge in [-0.05, 0) is 12.1 Å². The summed E-state index contributed by atoms with van der Waals surface area (Å²) in [6.45, 7) is 1.96. The maximum absolute atomic E-state index is 12.9. The monoisotopic (exact) mass is 329 g/mol. The molecule has 0 aromatic heterocycles. The standard InChI is InChI=1S/C14H20NO6P/c1-11(9-16)10-20-22(18,15-13-7-8-19-14(13)17)21-12-5-3-2-4-6-12/h2-6,11,13,16H,7-10H2,1H3,(H,15,18). The molecule has 1 aromatic rings. The van der Waals surface area contributed by atoms with Crippen LogP contribution in [0.3, 0.4) is 0 Å². The molecule has 1 aromatic carbocycles. The molecule has 0 spiro atoms. The van der Waals surface area contributed by atoms with Crippen molar-refractivity contribution in [1.29, 1.82) is 0 Å². The molecule has 2 N–H and O–H groups in total. The summed E-state index contributed by atoms with van der Waals surface area (Å²) in [4.78, 5) is 11.5. The second-order valence-corrected chi connectivity index (χ2v) is 6.82. The van der Waals surface area contributed by atoms with Crippen molar-refractivity contribution in [3.8, 4) is 5.75 Å². The van der Waals surface area contributed by atoms with Gasteiger partial charge in [0, 0.05) is 18.9 Å². The molecule has 1 saturated heterocycles. The van der Waals surface area contributed by atoms with E-state index >= 15 is 0 Å². The number of aliphatic hydroxyl groups excluding tert-OH is 1. The maximum atomic E-state index is 12.9. The molecule has 0 aliphatic carbocycles. The normalized spacial score (nSPS) is 21.9. The number of cyclic esters (lactones) is 1. The third-order valence-electron chi connectivity index (χ3n) is 3.06. The Kier molecular flexibility index (Phi) is 5.97. The number of hydrogen-bond acceptors (Lipinski definition) is 6. The highest BCUT2D eigenvalue weighted by atomic mass is 31.2. The van der Waals surface area contributed by atoms with E-state index in [1.807, 2.05) is 0 Å². The Morgan fingerprint density at radius 3 is 2.77 bits per heavy atom. The Bertz CT molecular complexity index is 537. The van der Waals surface area contributed by atoms with Crippen molar-refractivity contribution in [2.75, 3.05) is 19.8 Å². The fourth-order valence-electron chi connectivity index (χ4n) is 1.79. The zero-order chi connectivity index (χ0) is 16.0. The van der Waals surface area contributed by atoms with Crippen LogP contribution in [0.15, 0.2) is 30.3 Å². The van der Waals surface area contributed by atoms with Crippen LogP contribution in [0, 0.1) is 5.92 Å². The molecule has 8 heteroatoms. The van der Waals surface area contributed by atoms with E-state index in [1.54, 1.807) is 37.3 Å². The second-order valence-electron chi connectivity index (χ2n) is 5.12. The molecular formula is C14H20NO6P. The highest BCUT2D eigenvalue weighted by molar-refractivity contribution is 7.52. The molecule has 1 heterocycles. The molecule has 2 rings (SSSR count). The van der Waals surface area contributed by atoms with E-state index in [0.717, 1.165) is 0 Å². The number of para-hydroxylation sites is 1. The summed E-state index contributed by atoms with van der Waals surface area (Å²) in [5, 5.41) is 11.7. The predicted octanol–water partition coefficient (Wildman–Crippen LogP) is 1.72. The van der Waals surface area contributed by atoms with Crippen LogP contribution in [0.25, 0.3) is 0 Å². The third kappa shape index (κ3) is 4.81. The Morgan fingerprint density at radius 2 is 2.18 bits per heavy atom. The van der Waals surface area contributed by atoms with Crippen LogP contribution < -0.4 is 9.61 Å². The van der Waals surface area contributed by atoms with Gasteiger partial charge in [-0.1, -0.05) is 25.1 Å². The molecule has 7 nitrogen and oxygen atoms in total.